The monoisotopic (exact) mass is 550 g/mol. The standard InChI is InChI=1S/C32H30N4O5/c1-2-40-32(39)27-24(14-9-20-6-3-15-33-18-20)35-29-25-8-4-16-36(25)31(38)28(29)26(27)21-10-12-22(13-11-21)30(37)34-19-23-7-5-17-41-23/h3,5-7,10-13,15,17-18,38H,2,4,8-9,14,16,19H2,1H3,(H,34,37). The van der Waals surface area contributed by atoms with Gasteiger partial charge in [-0.15, -0.1) is 0 Å². The molecule has 0 aliphatic carbocycles. The Labute approximate surface area is 236 Å². The zero-order chi connectivity index (χ0) is 28.3. The van der Waals surface area contributed by atoms with E-state index >= 15 is 0 Å². The van der Waals surface area contributed by atoms with Crippen molar-refractivity contribution >= 4 is 22.8 Å². The maximum absolute atomic E-state index is 13.5. The van der Waals surface area contributed by atoms with Gasteiger partial charge in [-0.3, -0.25) is 9.78 Å². The largest absolute Gasteiger partial charge is 0.494 e. The van der Waals surface area contributed by atoms with Crippen LogP contribution < -0.4 is 5.32 Å². The van der Waals surface area contributed by atoms with E-state index in [0.717, 1.165) is 24.1 Å². The van der Waals surface area contributed by atoms with Crippen LogP contribution >= 0.6 is 0 Å². The predicted octanol–water partition coefficient (Wildman–Crippen LogP) is 5.24. The molecular weight excluding hydrogens is 520 g/mol. The molecule has 5 aromatic rings. The van der Waals surface area contributed by atoms with Crippen LogP contribution in [0.15, 0.2) is 71.6 Å². The van der Waals surface area contributed by atoms with E-state index in [0.29, 0.717) is 64.0 Å². The van der Waals surface area contributed by atoms with Crippen LogP contribution in [-0.2, 0) is 37.1 Å². The summed E-state index contributed by atoms with van der Waals surface area (Å²) < 4.78 is 12.7. The highest BCUT2D eigenvalue weighted by molar-refractivity contribution is 6.11. The summed E-state index contributed by atoms with van der Waals surface area (Å²) in [4.78, 5) is 35.5. The minimum Gasteiger partial charge on any atom is -0.494 e. The van der Waals surface area contributed by atoms with Gasteiger partial charge in [0.2, 0.25) is 5.88 Å². The number of aryl methyl sites for hydroxylation is 3. The first-order chi connectivity index (χ1) is 20.0. The Kier molecular flexibility index (Phi) is 7.24. The SMILES string of the molecule is CCOC(=O)c1c(CCc2cccnc2)nc2c3n(c(O)c2c1-c1ccc(C(=O)NCc2ccco2)cc1)CCC3. The van der Waals surface area contributed by atoms with Gasteiger partial charge in [-0.05, 0) is 74.1 Å². The minimum absolute atomic E-state index is 0.0969. The van der Waals surface area contributed by atoms with Gasteiger partial charge in [0, 0.05) is 35.8 Å². The molecule has 208 valence electrons. The van der Waals surface area contributed by atoms with Gasteiger partial charge in [-0.25, -0.2) is 9.78 Å². The summed E-state index contributed by atoms with van der Waals surface area (Å²) in [6, 6.07) is 14.5. The molecule has 4 aromatic heterocycles. The van der Waals surface area contributed by atoms with Gasteiger partial charge in [-0.2, -0.15) is 0 Å². The van der Waals surface area contributed by atoms with Crippen molar-refractivity contribution in [1.29, 1.82) is 0 Å². The van der Waals surface area contributed by atoms with Crippen LogP contribution in [-0.4, -0.2) is 38.1 Å². The fraction of sp³-hybridized carbons (Fsp3) is 0.250. The molecule has 0 bridgehead atoms. The highest BCUT2D eigenvalue weighted by Gasteiger charge is 2.31. The van der Waals surface area contributed by atoms with E-state index in [1.807, 2.05) is 16.7 Å². The third-order valence-corrected chi connectivity index (χ3v) is 7.44. The number of fused-ring (bicyclic) bond motifs is 3. The van der Waals surface area contributed by atoms with Gasteiger partial charge in [0.25, 0.3) is 5.91 Å². The summed E-state index contributed by atoms with van der Waals surface area (Å²) in [5.41, 5.74) is 5.34. The summed E-state index contributed by atoms with van der Waals surface area (Å²) >= 11 is 0. The van der Waals surface area contributed by atoms with Gasteiger partial charge in [-0.1, -0.05) is 18.2 Å². The Bertz CT molecular complexity index is 1710. The number of ether oxygens (including phenoxy) is 1. The normalized spacial score (nSPS) is 12.4. The third-order valence-electron chi connectivity index (χ3n) is 7.44. The van der Waals surface area contributed by atoms with E-state index in [2.05, 4.69) is 10.3 Å². The topological polar surface area (TPSA) is 119 Å². The Morgan fingerprint density at radius 1 is 1.12 bits per heavy atom. The number of aromatic hydroxyl groups is 1. The van der Waals surface area contributed by atoms with E-state index in [4.69, 9.17) is 14.1 Å². The molecule has 9 heteroatoms. The maximum Gasteiger partial charge on any atom is 0.340 e. The number of pyridine rings is 2. The predicted molar refractivity (Wildman–Crippen MR) is 153 cm³/mol. The Hall–Kier alpha value is -4.92. The number of furan rings is 1. The molecule has 1 amide bonds. The first kappa shape index (κ1) is 26.3. The van der Waals surface area contributed by atoms with Gasteiger partial charge in [0.15, 0.2) is 0 Å². The molecule has 0 fully saturated rings. The molecule has 9 nitrogen and oxygen atoms in total. The van der Waals surface area contributed by atoms with Gasteiger partial charge in [0.05, 0.1) is 41.6 Å². The van der Waals surface area contributed by atoms with E-state index in [9.17, 15) is 14.7 Å². The second-order valence-electron chi connectivity index (χ2n) is 9.98. The lowest BCUT2D eigenvalue weighted by molar-refractivity contribution is 0.0525. The molecule has 2 N–H and O–H groups in total. The number of amides is 1. The molecule has 0 atom stereocenters. The molecule has 0 spiro atoms. The molecule has 0 saturated heterocycles. The Balaban J connectivity index is 1.45. The molecule has 6 rings (SSSR count). The highest BCUT2D eigenvalue weighted by atomic mass is 16.5. The smallest absolute Gasteiger partial charge is 0.340 e. The number of esters is 1. The second kappa shape index (κ2) is 11.3. The number of carbonyl (C=O) groups excluding carboxylic acids is 2. The summed E-state index contributed by atoms with van der Waals surface area (Å²) in [7, 11) is 0. The lowest BCUT2D eigenvalue weighted by Crippen LogP contribution is -2.22. The van der Waals surface area contributed by atoms with Gasteiger partial charge >= 0.3 is 5.97 Å². The molecule has 1 aliphatic rings. The van der Waals surface area contributed by atoms with Crippen LogP contribution in [0.25, 0.3) is 22.0 Å². The van der Waals surface area contributed by atoms with Crippen LogP contribution in [0.1, 0.15) is 56.8 Å². The lowest BCUT2D eigenvalue weighted by Gasteiger charge is -2.16. The van der Waals surface area contributed by atoms with E-state index in [1.54, 1.807) is 62.0 Å². The summed E-state index contributed by atoms with van der Waals surface area (Å²) in [6.07, 6.45) is 7.92. The van der Waals surface area contributed by atoms with Crippen molar-refractivity contribution in [2.75, 3.05) is 6.61 Å². The average Bonchev–Trinajstić information content (AvgIpc) is 3.75. The number of benzene rings is 1. The minimum atomic E-state index is -0.496. The molecule has 1 aromatic carbocycles. The quantitative estimate of drug-likeness (QED) is 0.241. The molecule has 41 heavy (non-hydrogen) atoms. The number of carbonyl (C=O) groups is 2. The van der Waals surface area contributed by atoms with E-state index < -0.39 is 5.97 Å². The molecular formula is C32H30N4O5. The summed E-state index contributed by atoms with van der Waals surface area (Å²) in [6.45, 7) is 2.92. The number of nitrogens with one attached hydrogen (secondary N) is 1. The van der Waals surface area contributed by atoms with Crippen molar-refractivity contribution in [2.24, 2.45) is 0 Å². The average molecular weight is 551 g/mol. The number of hydrogen-bond donors (Lipinski definition) is 2. The van der Waals surface area contributed by atoms with Crippen molar-refractivity contribution < 1.29 is 23.8 Å². The van der Waals surface area contributed by atoms with Crippen molar-refractivity contribution in [3.05, 3.63) is 101 Å². The first-order valence-electron chi connectivity index (χ1n) is 13.8. The van der Waals surface area contributed by atoms with Crippen LogP contribution in [0.5, 0.6) is 5.88 Å². The lowest BCUT2D eigenvalue weighted by atomic mass is 9.92. The Morgan fingerprint density at radius 2 is 1.98 bits per heavy atom. The van der Waals surface area contributed by atoms with Crippen molar-refractivity contribution in [2.45, 2.75) is 45.7 Å². The summed E-state index contributed by atoms with van der Waals surface area (Å²) in [5.74, 6) is 0.00861. The Morgan fingerprint density at radius 3 is 2.71 bits per heavy atom. The zero-order valence-corrected chi connectivity index (χ0v) is 22.7. The summed E-state index contributed by atoms with van der Waals surface area (Å²) in [5, 5.41) is 14.8. The van der Waals surface area contributed by atoms with Crippen LogP contribution in [0.4, 0.5) is 0 Å². The molecule has 0 unspecified atom stereocenters. The van der Waals surface area contributed by atoms with Crippen molar-refractivity contribution in [3.63, 3.8) is 0 Å². The van der Waals surface area contributed by atoms with Crippen LogP contribution in [0, 0.1) is 0 Å². The molecule has 0 saturated carbocycles. The van der Waals surface area contributed by atoms with Crippen molar-refractivity contribution in [3.8, 4) is 17.0 Å². The van der Waals surface area contributed by atoms with E-state index in [1.165, 1.54) is 0 Å². The fourth-order valence-corrected chi connectivity index (χ4v) is 5.52. The van der Waals surface area contributed by atoms with Crippen molar-refractivity contribution in [1.82, 2.24) is 19.9 Å². The third kappa shape index (κ3) is 5.06. The molecule has 5 heterocycles. The number of aromatic nitrogens is 3. The van der Waals surface area contributed by atoms with E-state index in [-0.39, 0.29) is 24.9 Å². The zero-order valence-electron chi connectivity index (χ0n) is 22.7. The number of hydrogen-bond acceptors (Lipinski definition) is 7. The highest BCUT2D eigenvalue weighted by Crippen LogP contribution is 2.43. The number of nitrogens with zero attached hydrogens (tertiary/aromatic N) is 3. The molecule has 1 aliphatic heterocycles. The van der Waals surface area contributed by atoms with Crippen LogP contribution in [0.3, 0.4) is 0 Å². The van der Waals surface area contributed by atoms with Gasteiger partial charge in [0.1, 0.15) is 5.76 Å². The molecule has 0 radical (unpaired) electrons. The number of rotatable bonds is 9. The maximum atomic E-state index is 13.5. The fourth-order valence-electron chi connectivity index (χ4n) is 5.52. The second-order valence-corrected chi connectivity index (χ2v) is 9.98. The van der Waals surface area contributed by atoms with Gasteiger partial charge < -0.3 is 24.1 Å². The van der Waals surface area contributed by atoms with Crippen LogP contribution in [0.2, 0.25) is 0 Å². The first-order valence-corrected chi connectivity index (χ1v) is 13.8.